The molecule has 1 aromatic carbocycles. The van der Waals surface area contributed by atoms with Crippen LogP contribution in [0.4, 0.5) is 0 Å². The monoisotopic (exact) mass is 297 g/mol. The highest BCUT2D eigenvalue weighted by molar-refractivity contribution is 7.98. The third-order valence-corrected chi connectivity index (χ3v) is 4.97. The summed E-state index contributed by atoms with van der Waals surface area (Å²) in [6.07, 6.45) is 3.27. The molecule has 0 bridgehead atoms. The average molecular weight is 297 g/mol. The first-order valence-corrected chi connectivity index (χ1v) is 8.18. The molecule has 0 saturated carbocycles. The molecule has 0 atom stereocenters. The van der Waals surface area contributed by atoms with E-state index in [9.17, 15) is 0 Å². The molecule has 2 aromatic rings. The van der Waals surface area contributed by atoms with E-state index in [0.29, 0.717) is 0 Å². The number of pyridine rings is 1. The normalized spacial score (nSPS) is 13.2. The summed E-state index contributed by atoms with van der Waals surface area (Å²) >= 11 is 1.68. The summed E-state index contributed by atoms with van der Waals surface area (Å²) < 4.78 is 0. The number of aryl methyl sites for hydroxylation is 3. The molecule has 1 aliphatic carbocycles. The van der Waals surface area contributed by atoms with Crippen LogP contribution in [0.2, 0.25) is 0 Å². The molecule has 0 amide bonds. The van der Waals surface area contributed by atoms with Crippen LogP contribution in [-0.4, -0.2) is 10.8 Å². The molecule has 0 radical (unpaired) electrons. The van der Waals surface area contributed by atoms with Crippen LogP contribution in [0, 0.1) is 12.3 Å². The van der Waals surface area contributed by atoms with Crippen LogP contribution in [0.5, 0.6) is 0 Å². The molecule has 1 aromatic heterocycles. The van der Waals surface area contributed by atoms with Gasteiger partial charge < -0.3 is 5.73 Å². The van der Waals surface area contributed by atoms with Crippen molar-refractivity contribution < 1.29 is 0 Å². The number of thioether (sulfide) groups is 1. The van der Waals surface area contributed by atoms with Crippen molar-refractivity contribution in [2.75, 3.05) is 0 Å². The average Bonchev–Trinajstić information content (AvgIpc) is 2.92. The fourth-order valence-electron chi connectivity index (χ4n) is 2.67. The predicted octanol–water partition coefficient (Wildman–Crippen LogP) is 3.46. The van der Waals surface area contributed by atoms with Gasteiger partial charge in [0.15, 0.2) is 0 Å². The van der Waals surface area contributed by atoms with Crippen LogP contribution in [0.25, 0.3) is 0 Å². The van der Waals surface area contributed by atoms with Crippen LogP contribution in [0.3, 0.4) is 0 Å². The van der Waals surface area contributed by atoms with Gasteiger partial charge in [-0.05, 0) is 48.9 Å². The van der Waals surface area contributed by atoms with E-state index in [4.69, 9.17) is 16.1 Å². The Hall–Kier alpha value is -1.81. The van der Waals surface area contributed by atoms with Gasteiger partial charge in [0.25, 0.3) is 0 Å². The number of hydrogen-bond donors (Lipinski definition) is 2. The molecule has 3 nitrogen and oxygen atoms in total. The zero-order valence-corrected chi connectivity index (χ0v) is 13.0. The Morgan fingerprint density at radius 3 is 2.90 bits per heavy atom. The molecule has 0 saturated heterocycles. The van der Waals surface area contributed by atoms with Crippen molar-refractivity contribution in [2.24, 2.45) is 5.73 Å². The second kappa shape index (κ2) is 5.90. The van der Waals surface area contributed by atoms with Crippen molar-refractivity contribution in [1.82, 2.24) is 4.98 Å². The number of hydrogen-bond acceptors (Lipinski definition) is 3. The number of nitrogens with two attached hydrogens (primary N) is 1. The molecular weight excluding hydrogens is 278 g/mol. The third-order valence-electron chi connectivity index (χ3n) is 3.93. The Morgan fingerprint density at radius 2 is 2.14 bits per heavy atom. The first-order valence-electron chi connectivity index (χ1n) is 7.19. The zero-order valence-electron chi connectivity index (χ0n) is 12.1. The second-order valence-electron chi connectivity index (χ2n) is 5.43. The van der Waals surface area contributed by atoms with Crippen LogP contribution < -0.4 is 5.73 Å². The van der Waals surface area contributed by atoms with Crippen LogP contribution >= 0.6 is 11.8 Å². The van der Waals surface area contributed by atoms with Crippen molar-refractivity contribution in [3.8, 4) is 0 Å². The highest BCUT2D eigenvalue weighted by atomic mass is 32.2. The number of nitrogen functional groups attached to an aromatic ring is 1. The number of nitrogens with zero attached hydrogens (tertiary/aromatic N) is 1. The highest BCUT2D eigenvalue weighted by Gasteiger charge is 2.18. The molecule has 21 heavy (non-hydrogen) atoms. The first-order chi connectivity index (χ1) is 10.1. The Kier molecular flexibility index (Phi) is 3.97. The predicted molar refractivity (Wildman–Crippen MR) is 88.0 cm³/mol. The molecule has 0 unspecified atom stereocenters. The van der Waals surface area contributed by atoms with Gasteiger partial charge in [0.1, 0.15) is 10.9 Å². The summed E-state index contributed by atoms with van der Waals surface area (Å²) in [5, 5.41) is 8.68. The number of amidine groups is 1. The smallest absolute Gasteiger partial charge is 0.125 e. The maximum atomic E-state index is 7.79. The maximum absolute atomic E-state index is 7.79. The quantitative estimate of drug-likeness (QED) is 0.516. The minimum absolute atomic E-state index is 0.115. The van der Waals surface area contributed by atoms with Gasteiger partial charge in [0.05, 0.1) is 0 Å². The first kappa shape index (κ1) is 14.1. The lowest BCUT2D eigenvalue weighted by Gasteiger charge is -2.11. The van der Waals surface area contributed by atoms with Crippen molar-refractivity contribution >= 4 is 17.6 Å². The number of rotatable bonds is 4. The fraction of sp³-hybridized carbons (Fsp3) is 0.294. The van der Waals surface area contributed by atoms with Crippen molar-refractivity contribution in [3.63, 3.8) is 0 Å². The maximum Gasteiger partial charge on any atom is 0.125 e. The largest absolute Gasteiger partial charge is 0.384 e. The van der Waals surface area contributed by atoms with E-state index in [2.05, 4.69) is 37.3 Å². The van der Waals surface area contributed by atoms with Crippen LogP contribution in [-0.2, 0) is 18.6 Å². The lowest BCUT2D eigenvalue weighted by Crippen LogP contribution is -2.14. The summed E-state index contributed by atoms with van der Waals surface area (Å²) in [4.78, 5) is 4.76. The lowest BCUT2D eigenvalue weighted by molar-refractivity contribution is 0.891. The molecule has 3 N–H and O–H groups in total. The molecule has 0 aliphatic heterocycles. The molecule has 3 rings (SSSR count). The van der Waals surface area contributed by atoms with Crippen molar-refractivity contribution in [2.45, 2.75) is 37.0 Å². The lowest BCUT2D eigenvalue weighted by atomic mass is 10.1. The standard InChI is InChI=1S/C17H19N3S/c1-11-5-2-3-6-13(11)10-21-17-14(16(18)19)9-12-7-4-8-15(12)20-17/h2-3,5-6,9H,4,7-8,10H2,1H3,(H3,18,19). The van der Waals surface area contributed by atoms with Gasteiger partial charge in [-0.3, -0.25) is 5.41 Å². The van der Waals surface area contributed by atoms with E-state index in [1.165, 1.54) is 22.4 Å². The molecule has 1 aliphatic rings. The number of benzene rings is 1. The Balaban J connectivity index is 1.88. The van der Waals surface area contributed by atoms with E-state index >= 15 is 0 Å². The minimum Gasteiger partial charge on any atom is -0.384 e. The summed E-state index contributed by atoms with van der Waals surface area (Å²) in [5.74, 6) is 0.975. The van der Waals surface area contributed by atoms with Crippen molar-refractivity contribution in [3.05, 3.63) is 58.3 Å². The van der Waals surface area contributed by atoms with Gasteiger partial charge >= 0.3 is 0 Å². The molecule has 1 heterocycles. The van der Waals surface area contributed by atoms with Gasteiger partial charge in [0.2, 0.25) is 0 Å². The van der Waals surface area contributed by atoms with Gasteiger partial charge in [-0.2, -0.15) is 0 Å². The van der Waals surface area contributed by atoms with E-state index < -0.39 is 0 Å². The van der Waals surface area contributed by atoms with Crippen LogP contribution in [0.1, 0.15) is 34.4 Å². The van der Waals surface area contributed by atoms with Crippen LogP contribution in [0.15, 0.2) is 35.4 Å². The van der Waals surface area contributed by atoms with E-state index in [1.54, 1.807) is 11.8 Å². The molecular formula is C17H19N3S. The van der Waals surface area contributed by atoms with Gasteiger partial charge in [-0.1, -0.05) is 24.3 Å². The van der Waals surface area contributed by atoms with Gasteiger partial charge in [-0.15, -0.1) is 11.8 Å². The minimum atomic E-state index is 0.115. The number of fused-ring (bicyclic) bond motifs is 1. The SMILES string of the molecule is Cc1ccccc1CSc1nc2c(cc1C(=N)N)CCC2. The van der Waals surface area contributed by atoms with Crippen molar-refractivity contribution in [1.29, 1.82) is 5.41 Å². The summed E-state index contributed by atoms with van der Waals surface area (Å²) in [6, 6.07) is 10.4. The Bertz CT molecular complexity index is 694. The molecule has 0 spiro atoms. The van der Waals surface area contributed by atoms with E-state index in [1.807, 2.05) is 0 Å². The Labute approximate surface area is 129 Å². The second-order valence-corrected chi connectivity index (χ2v) is 6.39. The number of aromatic nitrogens is 1. The number of nitrogens with one attached hydrogen (secondary N) is 1. The summed E-state index contributed by atoms with van der Waals surface area (Å²) in [7, 11) is 0. The fourth-order valence-corrected chi connectivity index (χ4v) is 3.79. The summed E-state index contributed by atoms with van der Waals surface area (Å²) in [6.45, 7) is 2.12. The Morgan fingerprint density at radius 1 is 1.33 bits per heavy atom. The molecule has 0 fully saturated rings. The third kappa shape index (κ3) is 2.95. The molecule has 4 heteroatoms. The van der Waals surface area contributed by atoms with E-state index in [0.717, 1.165) is 35.6 Å². The topological polar surface area (TPSA) is 62.8 Å². The summed E-state index contributed by atoms with van der Waals surface area (Å²) in [5.41, 5.74) is 11.6. The zero-order chi connectivity index (χ0) is 14.8. The van der Waals surface area contributed by atoms with Gasteiger partial charge in [-0.25, -0.2) is 4.98 Å². The van der Waals surface area contributed by atoms with Gasteiger partial charge in [0, 0.05) is 17.0 Å². The van der Waals surface area contributed by atoms with E-state index in [-0.39, 0.29) is 5.84 Å². The highest BCUT2D eigenvalue weighted by Crippen LogP contribution is 2.30. The molecule has 108 valence electrons.